The molecule has 4 N–H and O–H groups in total. The highest BCUT2D eigenvalue weighted by Gasteiger charge is 2.38. The number of nitrogens with two attached hydrogens (primary N) is 1. The third-order valence-corrected chi connectivity index (χ3v) is 3.65. The van der Waals surface area contributed by atoms with Crippen LogP contribution in [0.4, 0.5) is 0 Å². The molecule has 0 aliphatic heterocycles. The van der Waals surface area contributed by atoms with Gasteiger partial charge in [-0.05, 0) is 31.1 Å². The van der Waals surface area contributed by atoms with E-state index >= 15 is 0 Å². The predicted octanol–water partition coefficient (Wildman–Crippen LogP) is 0.901. The highest BCUT2D eigenvalue weighted by molar-refractivity contribution is 5.79. The number of fused-ring (bicyclic) bond motifs is 2. The molecular weight excluding hydrogens is 178 g/mol. The van der Waals surface area contributed by atoms with Gasteiger partial charge in [-0.25, -0.2) is 0 Å². The van der Waals surface area contributed by atoms with E-state index < -0.39 is 0 Å². The molecule has 2 rings (SSSR count). The lowest BCUT2D eigenvalue weighted by molar-refractivity contribution is 0.315. The van der Waals surface area contributed by atoms with Gasteiger partial charge in [-0.15, -0.1) is 0 Å². The molecule has 2 saturated carbocycles. The molecule has 0 aromatic heterocycles. The maximum absolute atomic E-state index is 8.37. The topological polar surface area (TPSA) is 70.6 Å². The Morgan fingerprint density at radius 3 is 2.86 bits per heavy atom. The third-order valence-electron chi connectivity index (χ3n) is 3.65. The molecule has 0 heterocycles. The van der Waals surface area contributed by atoms with Gasteiger partial charge in [0, 0.05) is 19.0 Å². The summed E-state index contributed by atoms with van der Waals surface area (Å²) in [6.07, 6.45) is 6.22. The molecule has 80 valence electrons. The summed E-state index contributed by atoms with van der Waals surface area (Å²) in [6, 6.07) is 0.695. The standard InChI is InChI=1S/C10H19N3O/c11-10(13-14)3-4-12-9-6-7-1-2-8(9)5-7/h7-9,12,14H,1-6H2,(H2,11,13). The van der Waals surface area contributed by atoms with Gasteiger partial charge in [-0.1, -0.05) is 11.6 Å². The molecule has 0 saturated heterocycles. The number of nitrogens with zero attached hydrogens (tertiary/aromatic N) is 1. The van der Waals surface area contributed by atoms with Crippen LogP contribution in [0.3, 0.4) is 0 Å². The summed E-state index contributed by atoms with van der Waals surface area (Å²) in [5, 5.41) is 14.8. The first-order chi connectivity index (χ1) is 6.79. The van der Waals surface area contributed by atoms with Crippen LogP contribution in [0.1, 0.15) is 32.1 Å². The van der Waals surface area contributed by atoms with Crippen molar-refractivity contribution in [3.63, 3.8) is 0 Å². The second-order valence-electron chi connectivity index (χ2n) is 4.58. The molecule has 0 spiro atoms. The SMILES string of the molecule is NC(CCNC1CC2CCC1C2)=NO. The normalized spacial score (nSPS) is 36.6. The Balaban J connectivity index is 1.67. The lowest BCUT2D eigenvalue weighted by atomic mass is 9.95. The Hall–Kier alpha value is -0.770. The van der Waals surface area contributed by atoms with Crippen LogP contribution in [0.5, 0.6) is 0 Å². The fourth-order valence-electron chi connectivity index (χ4n) is 2.93. The lowest BCUT2D eigenvalue weighted by Gasteiger charge is -2.22. The van der Waals surface area contributed by atoms with Crippen LogP contribution in [-0.4, -0.2) is 23.6 Å². The zero-order chi connectivity index (χ0) is 9.97. The van der Waals surface area contributed by atoms with Gasteiger partial charge < -0.3 is 16.3 Å². The molecule has 14 heavy (non-hydrogen) atoms. The molecule has 0 aromatic rings. The first kappa shape index (κ1) is 9.77. The van der Waals surface area contributed by atoms with Crippen molar-refractivity contribution in [2.45, 2.75) is 38.1 Å². The van der Waals surface area contributed by atoms with Crippen LogP contribution >= 0.6 is 0 Å². The molecule has 4 heteroatoms. The first-order valence-electron chi connectivity index (χ1n) is 5.49. The van der Waals surface area contributed by atoms with Gasteiger partial charge in [-0.3, -0.25) is 0 Å². The fraction of sp³-hybridized carbons (Fsp3) is 0.900. The Morgan fingerprint density at radius 1 is 1.43 bits per heavy atom. The van der Waals surface area contributed by atoms with Crippen molar-refractivity contribution in [2.24, 2.45) is 22.7 Å². The maximum Gasteiger partial charge on any atom is 0.140 e. The Morgan fingerprint density at radius 2 is 2.29 bits per heavy atom. The van der Waals surface area contributed by atoms with Gasteiger partial charge in [0.1, 0.15) is 5.84 Å². The van der Waals surface area contributed by atoms with Gasteiger partial charge in [0.15, 0.2) is 0 Å². The average Bonchev–Trinajstić information content (AvgIpc) is 2.79. The average molecular weight is 197 g/mol. The van der Waals surface area contributed by atoms with Crippen LogP contribution in [-0.2, 0) is 0 Å². The predicted molar refractivity (Wildman–Crippen MR) is 55.3 cm³/mol. The van der Waals surface area contributed by atoms with Crippen molar-refractivity contribution < 1.29 is 5.21 Å². The number of hydrogen-bond acceptors (Lipinski definition) is 3. The van der Waals surface area contributed by atoms with Gasteiger partial charge in [0.2, 0.25) is 0 Å². The van der Waals surface area contributed by atoms with Crippen molar-refractivity contribution in [1.29, 1.82) is 0 Å². The second kappa shape index (κ2) is 4.17. The van der Waals surface area contributed by atoms with E-state index in [0.29, 0.717) is 18.3 Å². The largest absolute Gasteiger partial charge is 0.409 e. The summed E-state index contributed by atoms with van der Waals surface area (Å²) in [5.41, 5.74) is 5.39. The van der Waals surface area contributed by atoms with Crippen molar-refractivity contribution in [2.75, 3.05) is 6.54 Å². The third kappa shape index (κ3) is 2.00. The molecule has 2 aliphatic rings. The van der Waals surface area contributed by atoms with E-state index in [1.807, 2.05) is 0 Å². The van der Waals surface area contributed by atoms with Crippen molar-refractivity contribution >= 4 is 5.84 Å². The molecular formula is C10H19N3O. The van der Waals surface area contributed by atoms with Crippen molar-refractivity contribution in [1.82, 2.24) is 5.32 Å². The first-order valence-corrected chi connectivity index (χ1v) is 5.49. The molecule has 0 amide bonds. The molecule has 3 atom stereocenters. The van der Waals surface area contributed by atoms with E-state index in [9.17, 15) is 0 Å². The zero-order valence-corrected chi connectivity index (χ0v) is 8.45. The minimum absolute atomic E-state index is 0.320. The summed E-state index contributed by atoms with van der Waals surface area (Å²) in [4.78, 5) is 0. The Bertz CT molecular complexity index is 229. The van der Waals surface area contributed by atoms with Gasteiger partial charge in [0.25, 0.3) is 0 Å². The smallest absolute Gasteiger partial charge is 0.140 e. The highest BCUT2D eigenvalue weighted by Crippen LogP contribution is 2.44. The van der Waals surface area contributed by atoms with E-state index in [4.69, 9.17) is 10.9 Å². The van der Waals surface area contributed by atoms with E-state index in [1.54, 1.807) is 0 Å². The summed E-state index contributed by atoms with van der Waals surface area (Å²) in [7, 11) is 0. The molecule has 0 radical (unpaired) electrons. The summed E-state index contributed by atoms with van der Waals surface area (Å²) < 4.78 is 0. The van der Waals surface area contributed by atoms with Crippen LogP contribution in [0.15, 0.2) is 5.16 Å². The van der Waals surface area contributed by atoms with Crippen LogP contribution in [0.2, 0.25) is 0 Å². The quantitative estimate of drug-likeness (QED) is 0.271. The zero-order valence-electron chi connectivity index (χ0n) is 8.45. The lowest BCUT2D eigenvalue weighted by Crippen LogP contribution is -2.35. The van der Waals surface area contributed by atoms with Crippen LogP contribution < -0.4 is 11.1 Å². The highest BCUT2D eigenvalue weighted by atomic mass is 16.4. The van der Waals surface area contributed by atoms with Gasteiger partial charge in [-0.2, -0.15) is 0 Å². The van der Waals surface area contributed by atoms with E-state index in [0.717, 1.165) is 18.4 Å². The monoisotopic (exact) mass is 197 g/mol. The van der Waals surface area contributed by atoms with Gasteiger partial charge in [0.05, 0.1) is 0 Å². The van der Waals surface area contributed by atoms with Crippen LogP contribution in [0, 0.1) is 11.8 Å². The van der Waals surface area contributed by atoms with Crippen LogP contribution in [0.25, 0.3) is 0 Å². The molecule has 2 aliphatic carbocycles. The summed E-state index contributed by atoms with van der Waals surface area (Å²) in [6.45, 7) is 0.837. The summed E-state index contributed by atoms with van der Waals surface area (Å²) >= 11 is 0. The number of amidine groups is 1. The number of hydrogen-bond donors (Lipinski definition) is 3. The number of rotatable bonds is 4. The molecule has 3 unspecified atom stereocenters. The Kier molecular flexibility index (Phi) is 2.91. The Labute approximate surface area is 84.5 Å². The molecule has 2 fully saturated rings. The number of nitrogens with one attached hydrogen (secondary N) is 1. The van der Waals surface area contributed by atoms with E-state index in [-0.39, 0.29) is 0 Å². The molecule has 0 aromatic carbocycles. The molecule has 2 bridgehead atoms. The van der Waals surface area contributed by atoms with E-state index in [1.165, 1.54) is 25.7 Å². The van der Waals surface area contributed by atoms with E-state index in [2.05, 4.69) is 10.5 Å². The molecule has 4 nitrogen and oxygen atoms in total. The van der Waals surface area contributed by atoms with Crippen molar-refractivity contribution in [3.8, 4) is 0 Å². The maximum atomic E-state index is 8.37. The minimum atomic E-state index is 0.320. The van der Waals surface area contributed by atoms with Crippen molar-refractivity contribution in [3.05, 3.63) is 0 Å². The summed E-state index contributed by atoms with van der Waals surface area (Å²) in [5.74, 6) is 2.19. The minimum Gasteiger partial charge on any atom is -0.409 e. The second-order valence-corrected chi connectivity index (χ2v) is 4.58. The number of oxime groups is 1. The van der Waals surface area contributed by atoms with Gasteiger partial charge >= 0.3 is 0 Å². The fourth-order valence-corrected chi connectivity index (χ4v) is 2.93.